The van der Waals surface area contributed by atoms with Crippen molar-refractivity contribution >= 4 is 46.0 Å². The summed E-state index contributed by atoms with van der Waals surface area (Å²) in [5, 5.41) is 5.11. The molecule has 232 valence electrons. The highest BCUT2D eigenvalue weighted by molar-refractivity contribution is 6.30. The molecule has 3 aromatic carbocycles. The normalized spacial score (nSPS) is 17.5. The van der Waals surface area contributed by atoms with Gasteiger partial charge in [0.25, 0.3) is 5.91 Å². The Kier molecular flexibility index (Phi) is 10.1. The van der Waals surface area contributed by atoms with Gasteiger partial charge in [0.1, 0.15) is 12.1 Å². The molecule has 2 heterocycles. The molecule has 1 saturated heterocycles. The van der Waals surface area contributed by atoms with Crippen LogP contribution in [0.3, 0.4) is 0 Å². The van der Waals surface area contributed by atoms with E-state index in [0.717, 1.165) is 21.9 Å². The van der Waals surface area contributed by atoms with E-state index in [1.807, 2.05) is 55.5 Å². The van der Waals surface area contributed by atoms with Crippen molar-refractivity contribution in [2.24, 2.45) is 5.73 Å². The summed E-state index contributed by atoms with van der Waals surface area (Å²) in [5.41, 5.74) is 8.29. The summed E-state index contributed by atoms with van der Waals surface area (Å²) in [5.74, 6) is -1.76. The van der Waals surface area contributed by atoms with E-state index >= 15 is 0 Å². The van der Waals surface area contributed by atoms with Crippen LogP contribution in [0.15, 0.2) is 91.3 Å². The Bertz CT molecular complexity index is 1690. The molecule has 0 radical (unpaired) electrons. The average molecular weight is 626 g/mol. The van der Waals surface area contributed by atoms with Crippen LogP contribution in [0.2, 0.25) is 5.02 Å². The van der Waals surface area contributed by atoms with Crippen LogP contribution in [0.25, 0.3) is 10.8 Å². The smallest absolute Gasteiger partial charge is 0.250 e. The Morgan fingerprint density at radius 3 is 2.58 bits per heavy atom. The largest absolute Gasteiger partial charge is 0.368 e. The Hall–Kier alpha value is -4.76. The van der Waals surface area contributed by atoms with Crippen LogP contribution in [0.5, 0.6) is 0 Å². The van der Waals surface area contributed by atoms with Crippen molar-refractivity contribution in [3.63, 3.8) is 0 Å². The molecule has 4 aromatic rings. The van der Waals surface area contributed by atoms with E-state index < -0.39 is 35.8 Å². The van der Waals surface area contributed by atoms with Crippen LogP contribution in [0.4, 0.5) is 0 Å². The number of hydrogen-bond donors (Lipinski definition) is 2. The second-order valence-corrected chi connectivity index (χ2v) is 11.8. The number of aromatic nitrogens is 1. The average Bonchev–Trinajstić information content (AvgIpc) is 3.17. The van der Waals surface area contributed by atoms with Crippen molar-refractivity contribution in [2.75, 3.05) is 13.1 Å². The Morgan fingerprint density at radius 2 is 1.82 bits per heavy atom. The molecule has 1 aliphatic rings. The molecule has 9 nitrogen and oxygen atoms in total. The molecule has 4 amide bonds. The predicted molar refractivity (Wildman–Crippen MR) is 173 cm³/mol. The third-order valence-corrected chi connectivity index (χ3v) is 8.54. The number of primary amides is 1. The minimum atomic E-state index is -1.07. The Balaban J connectivity index is 1.41. The van der Waals surface area contributed by atoms with Crippen molar-refractivity contribution in [3.8, 4) is 0 Å². The van der Waals surface area contributed by atoms with Gasteiger partial charge in [0.05, 0.1) is 6.54 Å². The van der Waals surface area contributed by atoms with Gasteiger partial charge in [-0.05, 0) is 65.4 Å². The third kappa shape index (κ3) is 7.49. The molecule has 0 bridgehead atoms. The van der Waals surface area contributed by atoms with Crippen molar-refractivity contribution in [3.05, 3.63) is 113 Å². The Labute approximate surface area is 267 Å². The maximum Gasteiger partial charge on any atom is 0.250 e. The first-order valence-electron chi connectivity index (χ1n) is 15.0. The van der Waals surface area contributed by atoms with E-state index in [4.69, 9.17) is 17.3 Å². The summed E-state index contributed by atoms with van der Waals surface area (Å²) >= 11 is 6.35. The van der Waals surface area contributed by atoms with Gasteiger partial charge in [0, 0.05) is 42.8 Å². The van der Waals surface area contributed by atoms with E-state index in [0.29, 0.717) is 23.4 Å². The number of rotatable bonds is 10. The van der Waals surface area contributed by atoms with Gasteiger partial charge < -0.3 is 20.9 Å². The monoisotopic (exact) mass is 625 g/mol. The zero-order valence-electron chi connectivity index (χ0n) is 25.1. The lowest BCUT2D eigenvalue weighted by Crippen LogP contribution is -2.53. The molecular formula is C35H36ClN5O4. The fourth-order valence-corrected chi connectivity index (χ4v) is 6.18. The number of nitrogens with two attached hydrogens (primary N) is 1. The molecule has 3 N–H and O–H groups in total. The molecule has 0 spiro atoms. The first-order chi connectivity index (χ1) is 21.7. The fourth-order valence-electron chi connectivity index (χ4n) is 5.99. The molecule has 1 aromatic heterocycles. The number of nitrogens with zero attached hydrogens (tertiary/aromatic N) is 3. The summed E-state index contributed by atoms with van der Waals surface area (Å²) in [6.07, 6.45) is 4.66. The van der Waals surface area contributed by atoms with Gasteiger partial charge >= 0.3 is 0 Å². The van der Waals surface area contributed by atoms with Gasteiger partial charge in [-0.3, -0.25) is 24.2 Å². The zero-order chi connectivity index (χ0) is 31.9. The lowest BCUT2D eigenvalue weighted by molar-refractivity contribution is -0.148. The molecule has 45 heavy (non-hydrogen) atoms. The number of halogens is 1. The summed E-state index contributed by atoms with van der Waals surface area (Å²) < 4.78 is 0. The van der Waals surface area contributed by atoms with Gasteiger partial charge in [-0.1, -0.05) is 72.3 Å². The fraction of sp³-hybridized carbons (Fsp3) is 0.286. The topological polar surface area (TPSA) is 126 Å². The highest BCUT2D eigenvalue weighted by Crippen LogP contribution is 2.33. The molecular weight excluding hydrogens is 590 g/mol. The van der Waals surface area contributed by atoms with Crippen LogP contribution in [-0.2, 0) is 32.0 Å². The van der Waals surface area contributed by atoms with Gasteiger partial charge in [-0.25, -0.2) is 0 Å². The number of nitrogens with one attached hydrogen (secondary N) is 1. The molecule has 3 unspecified atom stereocenters. The van der Waals surface area contributed by atoms with E-state index in [9.17, 15) is 19.2 Å². The molecule has 0 saturated carbocycles. The summed E-state index contributed by atoms with van der Waals surface area (Å²) in [6, 6.07) is 21.8. The van der Waals surface area contributed by atoms with E-state index in [-0.39, 0.29) is 31.8 Å². The van der Waals surface area contributed by atoms with Gasteiger partial charge in [-0.2, -0.15) is 0 Å². The second kappa shape index (κ2) is 14.3. The van der Waals surface area contributed by atoms with Crippen molar-refractivity contribution in [2.45, 2.75) is 50.7 Å². The van der Waals surface area contributed by atoms with Crippen LogP contribution in [0.1, 0.15) is 42.5 Å². The third-order valence-electron chi connectivity index (χ3n) is 8.31. The molecule has 3 atom stereocenters. The SMILES string of the molecule is CC1CCN(C(Cc2cccc3ccccc23)C(N)=O)C(=O)C(c2cccc(Cl)c2)N1C(=O)CNC(=O)CCc1cccnc1. The molecule has 1 fully saturated rings. The van der Waals surface area contributed by atoms with Crippen molar-refractivity contribution in [1.82, 2.24) is 20.1 Å². The minimum absolute atomic E-state index is 0.188. The number of benzene rings is 3. The first-order valence-corrected chi connectivity index (χ1v) is 15.4. The highest BCUT2D eigenvalue weighted by Gasteiger charge is 2.43. The van der Waals surface area contributed by atoms with Gasteiger partial charge in [0.15, 0.2) is 0 Å². The van der Waals surface area contributed by atoms with E-state index in [2.05, 4.69) is 10.3 Å². The van der Waals surface area contributed by atoms with Crippen LogP contribution in [-0.4, -0.2) is 63.6 Å². The molecule has 0 aliphatic carbocycles. The van der Waals surface area contributed by atoms with Crippen molar-refractivity contribution < 1.29 is 19.2 Å². The van der Waals surface area contributed by atoms with Crippen LogP contribution >= 0.6 is 11.6 Å². The van der Waals surface area contributed by atoms with E-state index in [1.165, 1.54) is 9.80 Å². The number of fused-ring (bicyclic) bond motifs is 1. The zero-order valence-corrected chi connectivity index (χ0v) is 25.8. The van der Waals surface area contributed by atoms with Gasteiger partial charge in [-0.15, -0.1) is 0 Å². The predicted octanol–water partition coefficient (Wildman–Crippen LogP) is 4.22. The van der Waals surface area contributed by atoms with Crippen molar-refractivity contribution in [1.29, 1.82) is 0 Å². The standard InChI is InChI=1S/C35H36ClN5O4/c1-23-16-18-40(30(34(37)44)20-26-10-4-9-25-8-2-3-13-29(25)26)35(45)33(27-11-5-12-28(36)19-27)41(23)32(43)22-39-31(42)15-14-24-7-6-17-38-21-24/h2-13,17,19,21,23,30,33H,14-16,18,20,22H2,1H3,(H2,37,44)(H,39,42). The quantitative estimate of drug-likeness (QED) is 0.273. The second-order valence-electron chi connectivity index (χ2n) is 11.3. The summed E-state index contributed by atoms with van der Waals surface area (Å²) in [4.78, 5) is 61.0. The van der Waals surface area contributed by atoms with Crippen LogP contribution < -0.4 is 11.1 Å². The minimum Gasteiger partial charge on any atom is -0.368 e. The summed E-state index contributed by atoms with van der Waals surface area (Å²) in [6.45, 7) is 1.80. The summed E-state index contributed by atoms with van der Waals surface area (Å²) in [7, 11) is 0. The van der Waals surface area contributed by atoms with E-state index in [1.54, 1.807) is 42.7 Å². The number of amides is 4. The lowest BCUT2D eigenvalue weighted by atomic mass is 9.96. The molecule has 5 rings (SSSR count). The number of hydrogen-bond acceptors (Lipinski definition) is 5. The van der Waals surface area contributed by atoms with Crippen LogP contribution in [0, 0.1) is 0 Å². The molecule has 10 heteroatoms. The number of carbonyl (C=O) groups excluding carboxylic acids is 4. The molecule has 1 aliphatic heterocycles. The first kappa shape index (κ1) is 31.7. The maximum atomic E-state index is 14.5. The number of carbonyl (C=O) groups is 4. The Morgan fingerprint density at radius 1 is 1.04 bits per heavy atom. The van der Waals surface area contributed by atoms with Gasteiger partial charge in [0.2, 0.25) is 17.7 Å². The maximum absolute atomic E-state index is 14.5. The highest BCUT2D eigenvalue weighted by atomic mass is 35.5. The number of pyridine rings is 1. The number of aryl methyl sites for hydroxylation is 1. The lowest BCUT2D eigenvalue weighted by Gasteiger charge is -2.36.